The highest BCUT2D eigenvalue weighted by molar-refractivity contribution is 7.14. The van der Waals surface area contributed by atoms with Crippen LogP contribution in [0.2, 0.25) is 0 Å². The van der Waals surface area contributed by atoms with Gasteiger partial charge < -0.3 is 10.1 Å². The Morgan fingerprint density at radius 3 is 2.79 bits per heavy atom. The highest BCUT2D eigenvalue weighted by atomic mass is 32.1. The quantitative estimate of drug-likeness (QED) is 0.691. The summed E-state index contributed by atoms with van der Waals surface area (Å²) in [7, 11) is 0. The minimum absolute atomic E-state index is 0.177. The third kappa shape index (κ3) is 3.48. The third-order valence-electron chi connectivity index (χ3n) is 4.70. The molecule has 1 aliphatic heterocycles. The molecule has 0 bridgehead atoms. The van der Waals surface area contributed by atoms with Crippen molar-refractivity contribution in [3.05, 3.63) is 58.5 Å². The van der Waals surface area contributed by atoms with Crippen molar-refractivity contribution in [1.29, 1.82) is 0 Å². The molecule has 0 saturated heterocycles. The predicted molar refractivity (Wildman–Crippen MR) is 110 cm³/mol. The van der Waals surface area contributed by atoms with Gasteiger partial charge >= 0.3 is 0 Å². The lowest BCUT2D eigenvalue weighted by Crippen LogP contribution is -2.34. The Labute approximate surface area is 166 Å². The van der Waals surface area contributed by atoms with Gasteiger partial charge in [0.05, 0.1) is 11.4 Å². The molecular weight excluding hydrogens is 374 g/mol. The number of carbonyl (C=O) groups excluding carboxylic acids is 2. The summed E-state index contributed by atoms with van der Waals surface area (Å²) in [6.45, 7) is 5.70. The number of fused-ring (bicyclic) bond motifs is 1. The Morgan fingerprint density at radius 2 is 2.00 bits per heavy atom. The fraction of sp³-hybridized carbons (Fsp3) is 0.190. The Hall–Kier alpha value is -3.19. The number of aromatic nitrogens is 1. The zero-order chi connectivity index (χ0) is 19.8. The molecule has 7 heteroatoms. The van der Waals surface area contributed by atoms with Crippen LogP contribution in [-0.4, -0.2) is 22.9 Å². The molecule has 0 aliphatic carbocycles. The van der Waals surface area contributed by atoms with Gasteiger partial charge in [0.1, 0.15) is 5.75 Å². The van der Waals surface area contributed by atoms with Crippen molar-refractivity contribution >= 4 is 34.0 Å². The molecule has 0 fully saturated rings. The fourth-order valence-corrected chi connectivity index (χ4v) is 3.60. The van der Waals surface area contributed by atoms with Gasteiger partial charge in [0.15, 0.2) is 11.2 Å². The monoisotopic (exact) mass is 393 g/mol. The number of anilines is 2. The van der Waals surface area contributed by atoms with E-state index in [1.807, 2.05) is 49.6 Å². The third-order valence-corrected chi connectivity index (χ3v) is 5.46. The largest absolute Gasteiger partial charge is 0.479 e. The number of hydrogen-bond donors (Lipinski definition) is 2. The second-order valence-corrected chi connectivity index (χ2v) is 7.61. The fourth-order valence-electron chi connectivity index (χ4n) is 2.88. The van der Waals surface area contributed by atoms with Crippen LogP contribution in [0.3, 0.4) is 0 Å². The highest BCUT2D eigenvalue weighted by Crippen LogP contribution is 2.35. The van der Waals surface area contributed by atoms with Crippen LogP contribution < -0.4 is 15.4 Å². The second-order valence-electron chi connectivity index (χ2n) is 6.75. The van der Waals surface area contributed by atoms with Crippen molar-refractivity contribution in [3.63, 3.8) is 0 Å². The standard InChI is InChI=1S/C21H19N3O3S/c1-11-4-5-15(8-12(11)2)20(26)24-21-23-17(10-28-21)14-6-7-18-16(9-14)22-19(25)13(3)27-18/h4-10,13H,1-3H3,(H,22,25)(H,23,24,26). The Morgan fingerprint density at radius 1 is 1.18 bits per heavy atom. The molecule has 0 saturated carbocycles. The molecule has 1 aliphatic rings. The minimum Gasteiger partial charge on any atom is -0.479 e. The molecule has 142 valence electrons. The van der Waals surface area contributed by atoms with E-state index >= 15 is 0 Å². The molecule has 1 unspecified atom stereocenters. The van der Waals surface area contributed by atoms with Crippen molar-refractivity contribution in [2.75, 3.05) is 10.6 Å². The maximum atomic E-state index is 12.5. The van der Waals surface area contributed by atoms with Gasteiger partial charge in [-0.3, -0.25) is 14.9 Å². The first-order valence-corrected chi connectivity index (χ1v) is 9.75. The molecule has 2 aromatic carbocycles. The smallest absolute Gasteiger partial charge is 0.265 e. The zero-order valence-electron chi connectivity index (χ0n) is 15.7. The number of hydrogen-bond acceptors (Lipinski definition) is 5. The van der Waals surface area contributed by atoms with Gasteiger partial charge in [0.25, 0.3) is 11.8 Å². The molecule has 3 aromatic rings. The number of amides is 2. The molecule has 4 rings (SSSR count). The van der Waals surface area contributed by atoms with E-state index in [0.717, 1.165) is 22.4 Å². The van der Waals surface area contributed by atoms with Gasteiger partial charge in [-0.1, -0.05) is 6.07 Å². The lowest BCUT2D eigenvalue weighted by Gasteiger charge is -2.23. The average Bonchev–Trinajstić information content (AvgIpc) is 3.13. The van der Waals surface area contributed by atoms with E-state index in [-0.39, 0.29) is 11.8 Å². The second kappa shape index (κ2) is 7.09. The SMILES string of the molecule is Cc1ccc(C(=O)Nc2nc(-c3ccc4c(c3)NC(=O)C(C)O4)cs2)cc1C. The minimum atomic E-state index is -0.509. The molecule has 0 spiro atoms. The number of thiazole rings is 1. The Kier molecular flexibility index (Phi) is 4.60. The van der Waals surface area contributed by atoms with E-state index in [4.69, 9.17) is 4.74 Å². The number of carbonyl (C=O) groups is 2. The van der Waals surface area contributed by atoms with Gasteiger partial charge in [0.2, 0.25) is 0 Å². The summed E-state index contributed by atoms with van der Waals surface area (Å²) in [5.41, 5.74) is 4.99. The molecule has 0 radical (unpaired) electrons. The number of aryl methyl sites for hydroxylation is 2. The number of benzene rings is 2. The first-order valence-electron chi connectivity index (χ1n) is 8.87. The van der Waals surface area contributed by atoms with E-state index in [2.05, 4.69) is 15.6 Å². The summed E-state index contributed by atoms with van der Waals surface area (Å²) in [5, 5.41) is 8.06. The topological polar surface area (TPSA) is 80.3 Å². The van der Waals surface area contributed by atoms with Crippen LogP contribution in [0.4, 0.5) is 10.8 Å². The van der Waals surface area contributed by atoms with Crippen LogP contribution in [0, 0.1) is 13.8 Å². The van der Waals surface area contributed by atoms with Crippen molar-refractivity contribution in [3.8, 4) is 17.0 Å². The van der Waals surface area contributed by atoms with Crippen LogP contribution >= 0.6 is 11.3 Å². The molecular formula is C21H19N3O3S. The van der Waals surface area contributed by atoms with Crippen molar-refractivity contribution in [2.45, 2.75) is 26.9 Å². The molecule has 28 heavy (non-hydrogen) atoms. The van der Waals surface area contributed by atoms with Gasteiger partial charge in [-0.2, -0.15) is 0 Å². The molecule has 1 atom stereocenters. The normalized spacial score (nSPS) is 15.4. The van der Waals surface area contributed by atoms with Gasteiger partial charge in [-0.25, -0.2) is 4.98 Å². The number of nitrogens with zero attached hydrogens (tertiary/aromatic N) is 1. The Bertz CT molecular complexity index is 1090. The maximum Gasteiger partial charge on any atom is 0.265 e. The lowest BCUT2D eigenvalue weighted by molar-refractivity contribution is -0.122. The van der Waals surface area contributed by atoms with Crippen LogP contribution in [0.15, 0.2) is 41.8 Å². The summed E-state index contributed by atoms with van der Waals surface area (Å²) in [4.78, 5) is 28.8. The molecule has 2 amide bonds. The summed E-state index contributed by atoms with van der Waals surface area (Å²) >= 11 is 1.35. The molecule has 2 heterocycles. The van der Waals surface area contributed by atoms with Crippen molar-refractivity contribution in [1.82, 2.24) is 4.98 Å². The zero-order valence-corrected chi connectivity index (χ0v) is 16.5. The summed E-state index contributed by atoms with van der Waals surface area (Å²) < 4.78 is 5.57. The molecule has 1 aromatic heterocycles. The van der Waals surface area contributed by atoms with E-state index < -0.39 is 6.10 Å². The van der Waals surface area contributed by atoms with E-state index in [9.17, 15) is 9.59 Å². The Balaban J connectivity index is 1.53. The number of ether oxygens (including phenoxy) is 1. The first-order chi connectivity index (χ1) is 13.4. The first kappa shape index (κ1) is 18.2. The molecule has 6 nitrogen and oxygen atoms in total. The van der Waals surface area contributed by atoms with Crippen molar-refractivity contribution < 1.29 is 14.3 Å². The van der Waals surface area contributed by atoms with Crippen molar-refractivity contribution in [2.24, 2.45) is 0 Å². The van der Waals surface area contributed by atoms with Crippen LogP contribution in [0.5, 0.6) is 5.75 Å². The lowest BCUT2D eigenvalue weighted by atomic mass is 10.1. The predicted octanol–water partition coefficient (Wildman–Crippen LogP) is 4.40. The van der Waals surface area contributed by atoms with Crippen LogP contribution in [0.25, 0.3) is 11.3 Å². The van der Waals surface area contributed by atoms with Crippen LogP contribution in [-0.2, 0) is 4.79 Å². The number of nitrogens with one attached hydrogen (secondary N) is 2. The van der Waals surface area contributed by atoms with Gasteiger partial charge in [-0.15, -0.1) is 11.3 Å². The van der Waals surface area contributed by atoms with E-state index in [1.54, 1.807) is 13.0 Å². The summed E-state index contributed by atoms with van der Waals surface area (Å²) in [5.74, 6) is 0.266. The summed E-state index contributed by atoms with van der Waals surface area (Å²) in [6, 6.07) is 11.1. The maximum absolute atomic E-state index is 12.5. The van der Waals surface area contributed by atoms with Gasteiger partial charge in [0, 0.05) is 16.5 Å². The average molecular weight is 393 g/mol. The van der Waals surface area contributed by atoms with Gasteiger partial charge in [-0.05, 0) is 62.2 Å². The molecule has 2 N–H and O–H groups in total. The van der Waals surface area contributed by atoms with Crippen LogP contribution in [0.1, 0.15) is 28.4 Å². The summed E-state index contributed by atoms with van der Waals surface area (Å²) in [6.07, 6.45) is -0.509. The van der Waals surface area contributed by atoms with E-state index in [1.165, 1.54) is 11.3 Å². The van der Waals surface area contributed by atoms with E-state index in [0.29, 0.717) is 22.1 Å². The highest BCUT2D eigenvalue weighted by Gasteiger charge is 2.24. The number of rotatable bonds is 3.